The number of carbonyl (C=O) groups excluding carboxylic acids is 2. The molecule has 2 saturated heterocycles. The SMILES string of the molecule is Cc1ccc(S(=O)(=O)N[C@@H](CNC(=O)N2CCC3(CC2)CCN(c2ccc(C(=N)N)cc2)C3=O)C(=O)O)cc1. The fraction of sp³-hybridized carbons (Fsp3) is 0.385. The van der Waals surface area contributed by atoms with Crippen LogP contribution in [-0.2, 0) is 19.6 Å². The van der Waals surface area contributed by atoms with Crippen LogP contribution in [0.4, 0.5) is 10.5 Å². The average Bonchev–Trinajstić information content (AvgIpc) is 3.22. The number of amides is 3. The highest BCUT2D eigenvalue weighted by molar-refractivity contribution is 7.89. The first-order valence-corrected chi connectivity index (χ1v) is 14.0. The molecule has 0 unspecified atom stereocenters. The lowest BCUT2D eigenvalue weighted by molar-refractivity contribution is -0.138. The van der Waals surface area contributed by atoms with Crippen molar-refractivity contribution < 1.29 is 27.9 Å². The van der Waals surface area contributed by atoms with Crippen LogP contribution in [0.5, 0.6) is 0 Å². The Kier molecular flexibility index (Phi) is 7.93. The summed E-state index contributed by atoms with van der Waals surface area (Å²) in [6.45, 7) is 2.52. The van der Waals surface area contributed by atoms with Gasteiger partial charge in [-0.2, -0.15) is 4.72 Å². The van der Waals surface area contributed by atoms with Crippen molar-refractivity contribution in [2.75, 3.05) is 31.1 Å². The molecular formula is C26H32N6O6S. The number of urea groups is 1. The smallest absolute Gasteiger partial charge is 0.323 e. The maximum absolute atomic E-state index is 13.3. The molecule has 208 valence electrons. The van der Waals surface area contributed by atoms with Gasteiger partial charge in [0.1, 0.15) is 11.9 Å². The number of nitrogens with two attached hydrogens (primary N) is 1. The van der Waals surface area contributed by atoms with Gasteiger partial charge < -0.3 is 26.0 Å². The molecule has 1 atom stereocenters. The Bertz CT molecular complexity index is 1370. The van der Waals surface area contributed by atoms with Crippen molar-refractivity contribution in [3.63, 3.8) is 0 Å². The first-order valence-electron chi connectivity index (χ1n) is 12.5. The van der Waals surface area contributed by atoms with Gasteiger partial charge in [0.05, 0.1) is 10.3 Å². The molecule has 4 rings (SSSR count). The summed E-state index contributed by atoms with van der Waals surface area (Å²) in [6.07, 6.45) is 1.57. The molecule has 0 aromatic heterocycles. The first-order chi connectivity index (χ1) is 18.4. The van der Waals surface area contributed by atoms with Gasteiger partial charge in [-0.05, 0) is 62.6 Å². The van der Waals surface area contributed by atoms with E-state index in [1.165, 1.54) is 17.0 Å². The Balaban J connectivity index is 1.32. The van der Waals surface area contributed by atoms with E-state index in [0.717, 1.165) is 11.3 Å². The second kappa shape index (κ2) is 11.0. The topological polar surface area (TPSA) is 186 Å². The van der Waals surface area contributed by atoms with Crippen molar-refractivity contribution in [2.24, 2.45) is 11.1 Å². The monoisotopic (exact) mass is 556 g/mol. The fourth-order valence-corrected chi connectivity index (χ4v) is 6.13. The number of sulfonamides is 1. The molecule has 12 nitrogen and oxygen atoms in total. The third kappa shape index (κ3) is 6.04. The molecule has 0 aliphatic carbocycles. The van der Waals surface area contributed by atoms with Crippen molar-refractivity contribution in [2.45, 2.75) is 37.1 Å². The van der Waals surface area contributed by atoms with E-state index in [1.54, 1.807) is 48.2 Å². The molecule has 1 spiro atoms. The number of nitrogens with zero attached hydrogens (tertiary/aromatic N) is 2. The summed E-state index contributed by atoms with van der Waals surface area (Å²) in [6, 6.07) is 10.8. The number of amidine groups is 1. The van der Waals surface area contributed by atoms with Crippen LogP contribution in [0.15, 0.2) is 53.4 Å². The minimum Gasteiger partial charge on any atom is -0.480 e. The van der Waals surface area contributed by atoms with Crippen LogP contribution in [0.25, 0.3) is 0 Å². The minimum atomic E-state index is -4.10. The van der Waals surface area contributed by atoms with Crippen LogP contribution in [0.1, 0.15) is 30.4 Å². The molecule has 2 aliphatic heterocycles. The molecule has 2 aliphatic rings. The van der Waals surface area contributed by atoms with Gasteiger partial charge in [0, 0.05) is 37.4 Å². The third-order valence-electron chi connectivity index (χ3n) is 7.39. The molecule has 6 N–H and O–H groups in total. The van der Waals surface area contributed by atoms with E-state index in [9.17, 15) is 27.9 Å². The summed E-state index contributed by atoms with van der Waals surface area (Å²) in [5, 5.41) is 19.6. The lowest BCUT2D eigenvalue weighted by atomic mass is 9.77. The van der Waals surface area contributed by atoms with Gasteiger partial charge in [-0.1, -0.05) is 17.7 Å². The molecule has 0 radical (unpaired) electrons. The summed E-state index contributed by atoms with van der Waals surface area (Å²) < 4.78 is 27.3. The van der Waals surface area contributed by atoms with Gasteiger partial charge in [0.25, 0.3) is 0 Å². The third-order valence-corrected chi connectivity index (χ3v) is 8.88. The molecular weight excluding hydrogens is 524 g/mol. The Morgan fingerprint density at radius 2 is 1.64 bits per heavy atom. The molecule has 13 heteroatoms. The van der Waals surface area contributed by atoms with Crippen LogP contribution in [0.2, 0.25) is 0 Å². The second-order valence-electron chi connectivity index (χ2n) is 9.95. The minimum absolute atomic E-state index is 0.00501. The molecule has 2 heterocycles. The van der Waals surface area contributed by atoms with Crippen molar-refractivity contribution in [1.82, 2.24) is 14.9 Å². The van der Waals surface area contributed by atoms with Gasteiger partial charge in [0.15, 0.2) is 0 Å². The second-order valence-corrected chi connectivity index (χ2v) is 11.7. The van der Waals surface area contributed by atoms with E-state index in [-0.39, 0.29) is 16.6 Å². The summed E-state index contributed by atoms with van der Waals surface area (Å²) in [5.74, 6) is -1.47. The van der Waals surface area contributed by atoms with E-state index in [0.29, 0.717) is 44.5 Å². The Morgan fingerprint density at radius 1 is 1.05 bits per heavy atom. The number of benzene rings is 2. The number of likely N-dealkylation sites (tertiary alicyclic amines) is 1. The lowest BCUT2D eigenvalue weighted by Gasteiger charge is -2.38. The number of hydrogen-bond donors (Lipinski definition) is 5. The van der Waals surface area contributed by atoms with Crippen LogP contribution >= 0.6 is 0 Å². The summed E-state index contributed by atoms with van der Waals surface area (Å²) >= 11 is 0. The maximum Gasteiger partial charge on any atom is 0.323 e. The lowest BCUT2D eigenvalue weighted by Crippen LogP contribution is -2.53. The van der Waals surface area contributed by atoms with Gasteiger partial charge in [-0.15, -0.1) is 0 Å². The molecule has 2 fully saturated rings. The van der Waals surface area contributed by atoms with Crippen LogP contribution in [0, 0.1) is 17.7 Å². The molecule has 2 aromatic rings. The van der Waals surface area contributed by atoms with Crippen LogP contribution < -0.4 is 20.7 Å². The molecule has 0 saturated carbocycles. The van der Waals surface area contributed by atoms with E-state index < -0.39 is 40.0 Å². The highest BCUT2D eigenvalue weighted by Gasteiger charge is 2.49. The summed E-state index contributed by atoms with van der Waals surface area (Å²) in [4.78, 5) is 41.0. The number of anilines is 1. The number of aliphatic carboxylic acids is 1. The van der Waals surface area contributed by atoms with E-state index in [2.05, 4.69) is 10.0 Å². The Labute approximate surface area is 226 Å². The van der Waals surface area contributed by atoms with Crippen molar-refractivity contribution in [3.05, 3.63) is 59.7 Å². The number of carbonyl (C=O) groups is 3. The van der Waals surface area contributed by atoms with Gasteiger partial charge in [0.2, 0.25) is 15.9 Å². The zero-order chi connectivity index (χ0) is 28.4. The number of hydrogen-bond acceptors (Lipinski definition) is 6. The number of rotatable bonds is 8. The highest BCUT2D eigenvalue weighted by atomic mass is 32.2. The van der Waals surface area contributed by atoms with Gasteiger partial charge in [-0.25, -0.2) is 13.2 Å². The van der Waals surface area contributed by atoms with Gasteiger partial charge in [-0.3, -0.25) is 15.0 Å². The molecule has 2 aromatic carbocycles. The highest BCUT2D eigenvalue weighted by Crippen LogP contribution is 2.43. The zero-order valence-corrected chi connectivity index (χ0v) is 22.3. The van der Waals surface area contributed by atoms with E-state index in [1.807, 2.05) is 0 Å². The zero-order valence-electron chi connectivity index (χ0n) is 21.5. The van der Waals surface area contributed by atoms with Gasteiger partial charge >= 0.3 is 12.0 Å². The van der Waals surface area contributed by atoms with Crippen molar-refractivity contribution in [3.8, 4) is 0 Å². The fourth-order valence-electron chi connectivity index (χ4n) is 4.94. The van der Waals surface area contributed by atoms with Crippen LogP contribution in [-0.4, -0.2) is 74.4 Å². The standard InChI is InChI=1S/C26H32N6O6S/c1-17-2-8-20(9-3-17)39(37,38)30-21(23(33)34)16-29-25(36)31-13-10-26(11-14-31)12-15-32(24(26)35)19-6-4-18(5-7-19)22(27)28/h2-9,21,30H,10-16H2,1H3,(H3,27,28)(H,29,36)(H,33,34)/t21-/m0/s1. The normalized spacial score (nSPS) is 17.7. The van der Waals surface area contributed by atoms with Crippen molar-refractivity contribution >= 4 is 39.5 Å². The largest absolute Gasteiger partial charge is 0.480 e. The molecule has 3 amide bonds. The maximum atomic E-state index is 13.3. The predicted octanol–water partition coefficient (Wildman–Crippen LogP) is 1.24. The molecule has 0 bridgehead atoms. The predicted molar refractivity (Wildman–Crippen MR) is 144 cm³/mol. The Morgan fingerprint density at radius 3 is 2.21 bits per heavy atom. The van der Waals surface area contributed by atoms with Crippen molar-refractivity contribution in [1.29, 1.82) is 5.41 Å². The van der Waals surface area contributed by atoms with Crippen LogP contribution in [0.3, 0.4) is 0 Å². The Hall–Kier alpha value is -3.97. The number of piperidine rings is 1. The summed E-state index contributed by atoms with van der Waals surface area (Å²) in [5.41, 5.74) is 7.09. The number of carboxylic acid groups (broad SMARTS) is 1. The van der Waals surface area contributed by atoms with E-state index >= 15 is 0 Å². The molecule has 39 heavy (non-hydrogen) atoms. The number of aryl methyl sites for hydroxylation is 1. The average molecular weight is 557 g/mol. The number of nitrogen functional groups attached to an aromatic ring is 1. The first kappa shape index (κ1) is 28.0. The number of nitrogens with one attached hydrogen (secondary N) is 3. The van der Waals surface area contributed by atoms with E-state index in [4.69, 9.17) is 11.1 Å². The quantitative estimate of drug-likeness (QED) is 0.239. The number of carboxylic acids is 1. The summed E-state index contributed by atoms with van der Waals surface area (Å²) in [7, 11) is -4.10.